The first-order chi connectivity index (χ1) is 11.9. The summed E-state index contributed by atoms with van der Waals surface area (Å²) < 4.78 is 28.8. The zero-order valence-corrected chi connectivity index (χ0v) is 14.1. The number of alkyl halides is 2. The molecule has 0 aromatic heterocycles. The average molecular weight is 349 g/mol. The second kappa shape index (κ2) is 8.58. The van der Waals surface area contributed by atoms with Crippen LogP contribution in [0.4, 0.5) is 8.78 Å². The van der Waals surface area contributed by atoms with Gasteiger partial charge < -0.3 is 15.2 Å². The number of aliphatic hydroxyl groups is 1. The number of nitrogens with one attached hydrogen (secondary N) is 1. The van der Waals surface area contributed by atoms with Gasteiger partial charge in [0.05, 0.1) is 12.0 Å². The molecular formula is C19H21F2NO3. The number of aryl methyl sites for hydroxylation is 1. The summed E-state index contributed by atoms with van der Waals surface area (Å²) in [6, 6.07) is 13.4. The predicted octanol–water partition coefficient (Wildman–Crippen LogP) is 3.55. The Balaban J connectivity index is 1.95. The highest BCUT2D eigenvalue weighted by molar-refractivity contribution is 5.83. The summed E-state index contributed by atoms with van der Waals surface area (Å²) in [5.74, 6) is -0.615. The Morgan fingerprint density at radius 3 is 2.52 bits per heavy atom. The summed E-state index contributed by atoms with van der Waals surface area (Å²) in [5, 5.41) is 12.8. The van der Waals surface area contributed by atoms with E-state index in [0.29, 0.717) is 5.56 Å². The molecule has 2 aromatic carbocycles. The van der Waals surface area contributed by atoms with E-state index in [1.807, 2.05) is 31.2 Å². The summed E-state index contributed by atoms with van der Waals surface area (Å²) in [5.41, 5.74) is 2.34. The van der Waals surface area contributed by atoms with Crippen molar-refractivity contribution in [2.75, 3.05) is 6.54 Å². The van der Waals surface area contributed by atoms with Gasteiger partial charge in [0.15, 0.2) is 0 Å². The Kier molecular flexibility index (Phi) is 6.47. The van der Waals surface area contributed by atoms with Crippen molar-refractivity contribution < 1.29 is 23.4 Å². The highest BCUT2D eigenvalue weighted by atomic mass is 19.3. The number of carbonyl (C=O) groups is 1. The summed E-state index contributed by atoms with van der Waals surface area (Å²) in [6.45, 7) is 0.787. The van der Waals surface area contributed by atoms with Gasteiger partial charge in [0.25, 0.3) is 0 Å². The van der Waals surface area contributed by atoms with Crippen molar-refractivity contribution in [3.8, 4) is 5.75 Å². The van der Waals surface area contributed by atoms with Crippen LogP contribution >= 0.6 is 0 Å². The van der Waals surface area contributed by atoms with Crippen LogP contribution in [0.15, 0.2) is 48.5 Å². The van der Waals surface area contributed by atoms with Crippen LogP contribution in [-0.2, 0) is 4.79 Å². The molecule has 0 aliphatic carbocycles. The number of hydrogen-bond acceptors (Lipinski definition) is 3. The number of amides is 1. The molecule has 0 bridgehead atoms. The van der Waals surface area contributed by atoms with Gasteiger partial charge in [-0.1, -0.05) is 42.0 Å². The molecule has 6 heteroatoms. The second-order valence-corrected chi connectivity index (χ2v) is 5.85. The summed E-state index contributed by atoms with van der Waals surface area (Å²) >= 11 is 0. The van der Waals surface area contributed by atoms with Gasteiger partial charge in [-0.25, -0.2) is 0 Å². The highest BCUT2D eigenvalue weighted by Gasteiger charge is 2.17. The molecule has 0 radical (unpaired) electrons. The molecule has 25 heavy (non-hydrogen) atoms. The second-order valence-electron chi connectivity index (χ2n) is 5.85. The van der Waals surface area contributed by atoms with E-state index in [1.54, 1.807) is 13.0 Å². The third-order valence-corrected chi connectivity index (χ3v) is 3.87. The Bertz CT molecular complexity index is 721. The maximum atomic E-state index is 12.3. The number of aliphatic hydroxyl groups excluding tert-OH is 1. The van der Waals surface area contributed by atoms with Crippen LogP contribution in [0.2, 0.25) is 0 Å². The van der Waals surface area contributed by atoms with Gasteiger partial charge in [-0.2, -0.15) is 8.78 Å². The van der Waals surface area contributed by atoms with Gasteiger partial charge in [0, 0.05) is 6.54 Å². The van der Waals surface area contributed by atoms with Crippen molar-refractivity contribution >= 4 is 5.91 Å². The van der Waals surface area contributed by atoms with E-state index >= 15 is 0 Å². The number of benzene rings is 2. The zero-order chi connectivity index (χ0) is 18.4. The molecule has 2 aromatic rings. The molecule has 0 heterocycles. The van der Waals surface area contributed by atoms with Crippen molar-refractivity contribution in [2.45, 2.75) is 32.5 Å². The highest BCUT2D eigenvalue weighted by Crippen LogP contribution is 2.21. The fraction of sp³-hybridized carbons (Fsp3) is 0.316. The standard InChI is InChI=1S/C19H21F2NO3/c1-12-5-3-6-14(9-12)13(2)18(24)22-11-17(23)15-7-4-8-16(10-15)25-19(20)21/h3-10,13,17,19,23H,11H2,1-2H3,(H,22,24). The largest absolute Gasteiger partial charge is 0.435 e. The van der Waals surface area contributed by atoms with E-state index in [0.717, 1.165) is 11.1 Å². The number of ether oxygens (including phenoxy) is 1. The Morgan fingerprint density at radius 2 is 1.84 bits per heavy atom. The van der Waals surface area contributed by atoms with Gasteiger partial charge in [0.1, 0.15) is 5.75 Å². The molecule has 0 saturated heterocycles. The van der Waals surface area contributed by atoms with Crippen LogP contribution < -0.4 is 10.1 Å². The normalized spacial score (nSPS) is 13.4. The van der Waals surface area contributed by atoms with Gasteiger partial charge in [-0.3, -0.25) is 4.79 Å². The molecule has 0 aliphatic heterocycles. The summed E-state index contributed by atoms with van der Waals surface area (Å²) in [7, 11) is 0. The number of carbonyl (C=O) groups excluding carboxylic acids is 1. The third kappa shape index (κ3) is 5.53. The van der Waals surface area contributed by atoms with E-state index in [2.05, 4.69) is 10.1 Å². The molecule has 0 fully saturated rings. The fourth-order valence-corrected chi connectivity index (χ4v) is 2.46. The van der Waals surface area contributed by atoms with Crippen molar-refractivity contribution in [1.29, 1.82) is 0 Å². The minimum atomic E-state index is -2.93. The Hall–Kier alpha value is -2.47. The van der Waals surface area contributed by atoms with Crippen LogP contribution in [-0.4, -0.2) is 24.2 Å². The minimum Gasteiger partial charge on any atom is -0.435 e. The topological polar surface area (TPSA) is 58.6 Å². The maximum absolute atomic E-state index is 12.3. The molecule has 4 nitrogen and oxygen atoms in total. The van der Waals surface area contributed by atoms with Gasteiger partial charge in [0.2, 0.25) is 5.91 Å². The average Bonchev–Trinajstić information content (AvgIpc) is 2.58. The molecule has 2 unspecified atom stereocenters. The first kappa shape index (κ1) is 18.9. The quantitative estimate of drug-likeness (QED) is 0.804. The molecular weight excluding hydrogens is 328 g/mol. The van der Waals surface area contributed by atoms with Crippen molar-refractivity contribution in [3.05, 3.63) is 65.2 Å². The van der Waals surface area contributed by atoms with Gasteiger partial charge >= 0.3 is 6.61 Å². The Labute approximate surface area is 145 Å². The van der Waals surface area contributed by atoms with Crippen LogP contribution in [0.1, 0.15) is 35.6 Å². The van der Waals surface area contributed by atoms with E-state index in [1.165, 1.54) is 18.2 Å². The molecule has 134 valence electrons. The summed E-state index contributed by atoms with van der Waals surface area (Å²) in [6.07, 6.45) is -1.02. The van der Waals surface area contributed by atoms with Crippen LogP contribution in [0.3, 0.4) is 0 Å². The SMILES string of the molecule is Cc1cccc(C(C)C(=O)NCC(O)c2cccc(OC(F)F)c2)c1. The van der Waals surface area contributed by atoms with E-state index in [-0.39, 0.29) is 24.1 Å². The third-order valence-electron chi connectivity index (χ3n) is 3.87. The van der Waals surface area contributed by atoms with Crippen molar-refractivity contribution in [3.63, 3.8) is 0 Å². The van der Waals surface area contributed by atoms with Crippen LogP contribution in [0.5, 0.6) is 5.75 Å². The molecule has 0 aliphatic rings. The lowest BCUT2D eigenvalue weighted by molar-refractivity contribution is -0.122. The van der Waals surface area contributed by atoms with Gasteiger partial charge in [-0.05, 0) is 37.1 Å². The molecule has 2 N–H and O–H groups in total. The minimum absolute atomic E-state index is 0.0207. The van der Waals surface area contributed by atoms with E-state index in [9.17, 15) is 18.7 Å². The molecule has 0 spiro atoms. The van der Waals surface area contributed by atoms with E-state index < -0.39 is 12.7 Å². The van der Waals surface area contributed by atoms with E-state index in [4.69, 9.17) is 0 Å². The molecule has 0 saturated carbocycles. The Morgan fingerprint density at radius 1 is 1.16 bits per heavy atom. The maximum Gasteiger partial charge on any atom is 0.387 e. The zero-order valence-electron chi connectivity index (χ0n) is 14.1. The first-order valence-electron chi connectivity index (χ1n) is 7.94. The van der Waals surface area contributed by atoms with Crippen LogP contribution in [0.25, 0.3) is 0 Å². The lowest BCUT2D eigenvalue weighted by Gasteiger charge is -2.17. The van der Waals surface area contributed by atoms with Crippen LogP contribution in [0, 0.1) is 6.92 Å². The summed E-state index contributed by atoms with van der Waals surface area (Å²) in [4.78, 5) is 12.3. The predicted molar refractivity (Wildman–Crippen MR) is 90.6 cm³/mol. The van der Waals surface area contributed by atoms with Crippen molar-refractivity contribution in [1.82, 2.24) is 5.32 Å². The molecule has 2 rings (SSSR count). The number of hydrogen-bond donors (Lipinski definition) is 2. The molecule has 2 atom stereocenters. The smallest absolute Gasteiger partial charge is 0.387 e. The van der Waals surface area contributed by atoms with Crippen molar-refractivity contribution in [2.24, 2.45) is 0 Å². The number of rotatable bonds is 7. The number of halogens is 2. The fourth-order valence-electron chi connectivity index (χ4n) is 2.46. The first-order valence-corrected chi connectivity index (χ1v) is 7.94. The van der Waals surface area contributed by atoms with Gasteiger partial charge in [-0.15, -0.1) is 0 Å². The molecule has 1 amide bonds. The monoisotopic (exact) mass is 349 g/mol. The lowest BCUT2D eigenvalue weighted by Crippen LogP contribution is -2.31. The lowest BCUT2D eigenvalue weighted by atomic mass is 9.98.